The molecule has 0 atom stereocenters. The molecule has 0 aliphatic carbocycles. The topological polar surface area (TPSA) is 55.7 Å². The average Bonchev–Trinajstić information content (AvgIpc) is 2.85. The molecule has 118 valence electrons. The predicted molar refractivity (Wildman–Crippen MR) is 87.3 cm³/mol. The van der Waals surface area contributed by atoms with E-state index in [0.717, 1.165) is 0 Å². The lowest BCUT2D eigenvalue weighted by molar-refractivity contribution is 0.0987. The molecule has 0 bridgehead atoms. The van der Waals surface area contributed by atoms with Crippen LogP contribution in [0, 0.1) is 0 Å². The number of ketones is 2. The molecule has 4 nitrogen and oxygen atoms in total. The highest BCUT2D eigenvalue weighted by Gasteiger charge is 2.32. The molecular weight excluding hydrogens is 302 g/mol. The Morgan fingerprint density at radius 2 is 1.86 bits per heavy atom. The van der Waals surface area contributed by atoms with Crippen molar-refractivity contribution in [2.45, 2.75) is 46.1 Å². The fourth-order valence-corrected chi connectivity index (χ4v) is 2.65. The minimum atomic E-state index is -0.378. The number of carbonyl (C=O) groups is 2. The second-order valence-corrected chi connectivity index (χ2v) is 6.32. The summed E-state index contributed by atoms with van der Waals surface area (Å²) in [5.74, 6) is 0.149. The molecule has 1 aliphatic rings. The highest BCUT2D eigenvalue weighted by molar-refractivity contribution is 6.35. The van der Waals surface area contributed by atoms with Gasteiger partial charge < -0.3 is 4.74 Å². The van der Waals surface area contributed by atoms with Gasteiger partial charge in [-0.1, -0.05) is 25.4 Å². The first-order chi connectivity index (χ1) is 10.3. The number of ether oxygens (including phenoxy) is 1. The summed E-state index contributed by atoms with van der Waals surface area (Å²) in [7, 11) is 0. The van der Waals surface area contributed by atoms with Gasteiger partial charge in [0.25, 0.3) is 0 Å². The quantitative estimate of drug-likeness (QED) is 0.768. The molecule has 0 amide bonds. The van der Waals surface area contributed by atoms with E-state index in [1.54, 1.807) is 26.0 Å². The van der Waals surface area contributed by atoms with E-state index >= 15 is 0 Å². The van der Waals surface area contributed by atoms with E-state index in [1.807, 2.05) is 13.8 Å². The summed E-state index contributed by atoms with van der Waals surface area (Å²) >= 11 is 6.23. The van der Waals surface area contributed by atoms with Gasteiger partial charge in [0, 0.05) is 24.0 Å². The van der Waals surface area contributed by atoms with Gasteiger partial charge in [-0.2, -0.15) is 0 Å². The summed E-state index contributed by atoms with van der Waals surface area (Å²) in [5, 5.41) is 0.325. The van der Waals surface area contributed by atoms with Crippen LogP contribution in [0.4, 0.5) is 0 Å². The predicted octanol–water partition coefficient (Wildman–Crippen LogP) is 4.08. The average molecular weight is 322 g/mol. The van der Waals surface area contributed by atoms with Crippen molar-refractivity contribution in [2.75, 3.05) is 6.61 Å². The number of aliphatic imine (C=N–C) groups is 1. The van der Waals surface area contributed by atoms with Gasteiger partial charge >= 0.3 is 0 Å². The normalized spacial score (nSPS) is 16.1. The first-order valence-corrected chi connectivity index (χ1v) is 7.80. The Balaban J connectivity index is 2.74. The molecule has 5 heteroatoms. The van der Waals surface area contributed by atoms with Crippen LogP contribution in [0.3, 0.4) is 0 Å². The molecule has 0 spiro atoms. The fraction of sp³-hybridized carbons (Fsp3) is 0.471. The van der Waals surface area contributed by atoms with Gasteiger partial charge in [-0.15, -0.1) is 0 Å². The smallest absolute Gasteiger partial charge is 0.218 e. The Kier molecular flexibility index (Phi) is 4.71. The lowest BCUT2D eigenvalue weighted by atomic mass is 9.93. The summed E-state index contributed by atoms with van der Waals surface area (Å²) in [4.78, 5) is 29.1. The minimum absolute atomic E-state index is 0.0622. The minimum Gasteiger partial charge on any atom is -0.475 e. The van der Waals surface area contributed by atoms with Crippen molar-refractivity contribution in [2.24, 2.45) is 4.99 Å². The van der Waals surface area contributed by atoms with Crippen LogP contribution in [-0.4, -0.2) is 29.6 Å². The third-order valence-corrected chi connectivity index (χ3v) is 3.87. The highest BCUT2D eigenvalue weighted by Crippen LogP contribution is 2.30. The lowest BCUT2D eigenvalue weighted by Gasteiger charge is -2.14. The standard InChI is InChI=1S/C17H20ClNO3/c1-5-12(20)10-7-8-11(18)15(13(21)6-2)14(10)16-19-17(3,4)9-22-16/h7-8H,5-6,9H2,1-4H3. The van der Waals surface area contributed by atoms with E-state index < -0.39 is 0 Å². The zero-order chi connectivity index (χ0) is 16.5. The van der Waals surface area contributed by atoms with Gasteiger partial charge in [0.05, 0.1) is 16.1 Å². The van der Waals surface area contributed by atoms with Crippen molar-refractivity contribution in [1.82, 2.24) is 0 Å². The van der Waals surface area contributed by atoms with Gasteiger partial charge in [0.1, 0.15) is 6.61 Å². The van der Waals surface area contributed by atoms with Crippen LogP contribution in [0.1, 0.15) is 66.8 Å². The molecule has 1 heterocycles. The Hall–Kier alpha value is -1.68. The number of carbonyl (C=O) groups excluding carboxylic acids is 2. The van der Waals surface area contributed by atoms with Crippen molar-refractivity contribution < 1.29 is 14.3 Å². The maximum Gasteiger partial charge on any atom is 0.218 e. The molecule has 1 aliphatic heterocycles. The third-order valence-electron chi connectivity index (χ3n) is 3.56. The van der Waals surface area contributed by atoms with Gasteiger partial charge in [-0.3, -0.25) is 9.59 Å². The molecule has 0 unspecified atom stereocenters. The van der Waals surface area contributed by atoms with Crippen LogP contribution in [-0.2, 0) is 4.74 Å². The molecule has 0 aromatic heterocycles. The molecule has 1 aromatic carbocycles. The van der Waals surface area contributed by atoms with Crippen LogP contribution in [0.15, 0.2) is 17.1 Å². The Morgan fingerprint density at radius 1 is 1.23 bits per heavy atom. The second-order valence-electron chi connectivity index (χ2n) is 5.92. The summed E-state index contributed by atoms with van der Waals surface area (Å²) in [6.07, 6.45) is 0.637. The maximum absolute atomic E-state index is 12.3. The molecule has 0 fully saturated rings. The fourth-order valence-electron chi connectivity index (χ4n) is 2.38. The summed E-state index contributed by atoms with van der Waals surface area (Å²) < 4.78 is 5.67. The number of hydrogen-bond donors (Lipinski definition) is 0. The van der Waals surface area contributed by atoms with E-state index in [2.05, 4.69) is 4.99 Å². The van der Waals surface area contributed by atoms with Crippen LogP contribution in [0.25, 0.3) is 0 Å². The number of Topliss-reactive ketones (excluding diaryl/α,β-unsaturated/α-hetero) is 2. The monoisotopic (exact) mass is 321 g/mol. The van der Waals surface area contributed by atoms with E-state index in [9.17, 15) is 9.59 Å². The number of hydrogen-bond acceptors (Lipinski definition) is 4. The van der Waals surface area contributed by atoms with Crippen LogP contribution >= 0.6 is 11.6 Å². The zero-order valence-corrected chi connectivity index (χ0v) is 14.1. The van der Waals surface area contributed by atoms with Gasteiger partial charge in [-0.25, -0.2) is 4.99 Å². The molecule has 0 saturated heterocycles. The summed E-state index contributed by atoms with van der Waals surface area (Å²) in [6, 6.07) is 3.24. The lowest BCUT2D eigenvalue weighted by Crippen LogP contribution is -2.17. The second kappa shape index (κ2) is 6.21. The number of nitrogens with zero attached hydrogens (tertiary/aromatic N) is 1. The number of benzene rings is 1. The van der Waals surface area contributed by atoms with Crippen LogP contribution < -0.4 is 0 Å². The van der Waals surface area contributed by atoms with Gasteiger partial charge in [-0.05, 0) is 26.0 Å². The Morgan fingerprint density at radius 3 is 2.36 bits per heavy atom. The molecule has 0 radical (unpaired) electrons. The Bertz CT molecular complexity index is 662. The highest BCUT2D eigenvalue weighted by atomic mass is 35.5. The van der Waals surface area contributed by atoms with E-state index in [-0.39, 0.29) is 17.1 Å². The molecule has 1 aromatic rings. The number of rotatable bonds is 5. The van der Waals surface area contributed by atoms with E-state index in [0.29, 0.717) is 47.1 Å². The summed E-state index contributed by atoms with van der Waals surface area (Å²) in [6.45, 7) is 7.83. The molecule has 22 heavy (non-hydrogen) atoms. The van der Waals surface area contributed by atoms with Crippen molar-refractivity contribution in [1.29, 1.82) is 0 Å². The first kappa shape index (κ1) is 16.7. The molecular formula is C17H20ClNO3. The van der Waals surface area contributed by atoms with Gasteiger partial charge in [0.2, 0.25) is 5.90 Å². The van der Waals surface area contributed by atoms with E-state index in [1.165, 1.54) is 0 Å². The van der Waals surface area contributed by atoms with Crippen LogP contribution in [0.2, 0.25) is 5.02 Å². The number of halogens is 1. The molecule has 0 saturated carbocycles. The largest absolute Gasteiger partial charge is 0.475 e. The van der Waals surface area contributed by atoms with Crippen molar-refractivity contribution in [3.05, 3.63) is 33.8 Å². The third kappa shape index (κ3) is 3.07. The van der Waals surface area contributed by atoms with Gasteiger partial charge in [0.15, 0.2) is 11.6 Å². The van der Waals surface area contributed by atoms with Crippen molar-refractivity contribution in [3.63, 3.8) is 0 Å². The van der Waals surface area contributed by atoms with Crippen molar-refractivity contribution >= 4 is 29.1 Å². The summed E-state index contributed by atoms with van der Waals surface area (Å²) in [5.41, 5.74) is 0.841. The van der Waals surface area contributed by atoms with Crippen LogP contribution in [0.5, 0.6) is 0 Å². The van der Waals surface area contributed by atoms with E-state index in [4.69, 9.17) is 16.3 Å². The Labute approximate surface area is 135 Å². The molecule has 0 N–H and O–H groups in total. The zero-order valence-electron chi connectivity index (χ0n) is 13.3. The first-order valence-electron chi connectivity index (χ1n) is 7.42. The molecule has 2 rings (SSSR count). The SMILES string of the molecule is CCC(=O)c1ccc(Cl)c(C(=O)CC)c1C1=NC(C)(C)CO1. The maximum atomic E-state index is 12.3. The van der Waals surface area contributed by atoms with Crippen molar-refractivity contribution in [3.8, 4) is 0 Å².